The van der Waals surface area contributed by atoms with Crippen LogP contribution >= 0.6 is 0 Å². The van der Waals surface area contributed by atoms with Crippen molar-refractivity contribution in [2.45, 2.75) is 19.4 Å². The molecule has 0 radical (unpaired) electrons. The minimum atomic E-state index is -0.596. The van der Waals surface area contributed by atoms with Crippen molar-refractivity contribution in [3.8, 4) is 0 Å². The Morgan fingerprint density at radius 1 is 1.58 bits per heavy atom. The van der Waals surface area contributed by atoms with E-state index in [9.17, 15) is 9.59 Å². The molecule has 1 aromatic heterocycles. The summed E-state index contributed by atoms with van der Waals surface area (Å²) in [7, 11) is 1.73. The second-order valence-electron chi connectivity index (χ2n) is 4.62. The van der Waals surface area contributed by atoms with Crippen LogP contribution in [0.3, 0.4) is 0 Å². The predicted molar refractivity (Wildman–Crippen MR) is 69.5 cm³/mol. The average Bonchev–Trinajstić information content (AvgIpc) is 2.79. The number of nitrogens with one attached hydrogen (secondary N) is 1. The van der Waals surface area contributed by atoms with Crippen LogP contribution in [0.4, 0.5) is 0 Å². The van der Waals surface area contributed by atoms with E-state index in [-0.39, 0.29) is 5.91 Å². The highest BCUT2D eigenvalue weighted by atomic mass is 16.2. The number of nitrogens with two attached hydrogens (primary N) is 1. The van der Waals surface area contributed by atoms with Gasteiger partial charge in [-0.3, -0.25) is 14.3 Å². The summed E-state index contributed by atoms with van der Waals surface area (Å²) in [6, 6.07) is 1.17. The number of carbonyl (C=O) groups is 2. The SMILES string of the molecule is CCc1cc(C(=O)N2CCNCC2C(N)=O)n(C)n1. The second-order valence-corrected chi connectivity index (χ2v) is 4.62. The van der Waals surface area contributed by atoms with Crippen molar-refractivity contribution in [3.63, 3.8) is 0 Å². The molecule has 7 heteroatoms. The molecule has 0 aromatic carbocycles. The maximum Gasteiger partial charge on any atom is 0.272 e. The Morgan fingerprint density at radius 3 is 2.89 bits per heavy atom. The lowest BCUT2D eigenvalue weighted by molar-refractivity contribution is -0.122. The first-order valence-electron chi connectivity index (χ1n) is 6.38. The van der Waals surface area contributed by atoms with E-state index < -0.39 is 11.9 Å². The van der Waals surface area contributed by atoms with Gasteiger partial charge in [0.05, 0.1) is 5.69 Å². The number of nitrogens with zero attached hydrogens (tertiary/aromatic N) is 3. The fraction of sp³-hybridized carbons (Fsp3) is 0.583. The first-order chi connectivity index (χ1) is 9.04. The summed E-state index contributed by atoms with van der Waals surface area (Å²) in [4.78, 5) is 25.4. The lowest BCUT2D eigenvalue weighted by atomic mass is 10.1. The van der Waals surface area contributed by atoms with E-state index in [1.807, 2.05) is 6.92 Å². The molecule has 0 spiro atoms. The Labute approximate surface area is 111 Å². The zero-order chi connectivity index (χ0) is 14.0. The van der Waals surface area contributed by atoms with Crippen LogP contribution in [0.2, 0.25) is 0 Å². The molecule has 2 heterocycles. The number of aryl methyl sites for hydroxylation is 2. The summed E-state index contributed by atoms with van der Waals surface area (Å²) in [5.41, 5.74) is 6.70. The van der Waals surface area contributed by atoms with Crippen molar-refractivity contribution in [1.29, 1.82) is 0 Å². The predicted octanol–water partition coefficient (Wildman–Crippen LogP) is -1.12. The van der Waals surface area contributed by atoms with Crippen LogP contribution in [0, 0.1) is 0 Å². The van der Waals surface area contributed by atoms with Gasteiger partial charge in [-0.15, -0.1) is 0 Å². The summed E-state index contributed by atoms with van der Waals surface area (Å²) >= 11 is 0. The Kier molecular flexibility index (Phi) is 3.84. The number of amides is 2. The van der Waals surface area contributed by atoms with Gasteiger partial charge in [0.1, 0.15) is 11.7 Å². The number of primary amides is 1. The molecule has 2 rings (SSSR count). The van der Waals surface area contributed by atoms with Gasteiger partial charge in [-0.25, -0.2) is 0 Å². The summed E-state index contributed by atoms with van der Waals surface area (Å²) in [5, 5.41) is 7.32. The van der Waals surface area contributed by atoms with Gasteiger partial charge in [0.2, 0.25) is 5.91 Å². The lowest BCUT2D eigenvalue weighted by Gasteiger charge is -2.34. The van der Waals surface area contributed by atoms with Crippen molar-refractivity contribution in [3.05, 3.63) is 17.5 Å². The minimum Gasteiger partial charge on any atom is -0.368 e. The number of aromatic nitrogens is 2. The number of carbonyl (C=O) groups excluding carboxylic acids is 2. The number of rotatable bonds is 3. The third-order valence-corrected chi connectivity index (χ3v) is 3.34. The normalized spacial score (nSPS) is 19.5. The molecule has 19 heavy (non-hydrogen) atoms. The van der Waals surface area contributed by atoms with Crippen LogP contribution in [0.1, 0.15) is 23.1 Å². The molecule has 1 aromatic rings. The van der Waals surface area contributed by atoms with Gasteiger partial charge in [-0.1, -0.05) is 6.92 Å². The minimum absolute atomic E-state index is 0.194. The van der Waals surface area contributed by atoms with E-state index >= 15 is 0 Å². The Bertz CT molecular complexity index is 496. The zero-order valence-corrected chi connectivity index (χ0v) is 11.2. The lowest BCUT2D eigenvalue weighted by Crippen LogP contribution is -2.58. The van der Waals surface area contributed by atoms with Crippen molar-refractivity contribution in [1.82, 2.24) is 20.0 Å². The van der Waals surface area contributed by atoms with Crippen LogP contribution in [-0.2, 0) is 18.3 Å². The standard InChI is InChI=1S/C12H19N5O2/c1-3-8-6-9(16(2)15-8)12(19)17-5-4-14-7-10(17)11(13)18/h6,10,14H,3-5,7H2,1-2H3,(H2,13,18). The molecule has 0 saturated carbocycles. The first kappa shape index (κ1) is 13.5. The summed E-state index contributed by atoms with van der Waals surface area (Å²) in [6.45, 7) is 3.51. The molecule has 0 aliphatic carbocycles. The Morgan fingerprint density at radius 2 is 2.32 bits per heavy atom. The molecular formula is C12H19N5O2. The molecule has 104 valence electrons. The molecule has 2 amide bonds. The highest BCUT2D eigenvalue weighted by molar-refractivity contribution is 5.96. The van der Waals surface area contributed by atoms with E-state index in [0.717, 1.165) is 12.1 Å². The number of piperazine rings is 1. The van der Waals surface area contributed by atoms with E-state index in [4.69, 9.17) is 5.73 Å². The monoisotopic (exact) mass is 265 g/mol. The quantitative estimate of drug-likeness (QED) is 0.724. The third kappa shape index (κ3) is 2.60. The second kappa shape index (κ2) is 5.40. The molecule has 1 saturated heterocycles. The largest absolute Gasteiger partial charge is 0.368 e. The van der Waals surface area contributed by atoms with E-state index in [2.05, 4.69) is 10.4 Å². The van der Waals surface area contributed by atoms with Crippen LogP contribution in [0.5, 0.6) is 0 Å². The van der Waals surface area contributed by atoms with Crippen molar-refractivity contribution >= 4 is 11.8 Å². The summed E-state index contributed by atoms with van der Waals surface area (Å²) < 4.78 is 1.56. The molecule has 1 aliphatic heterocycles. The molecular weight excluding hydrogens is 246 g/mol. The maximum absolute atomic E-state index is 12.5. The first-order valence-corrected chi connectivity index (χ1v) is 6.38. The third-order valence-electron chi connectivity index (χ3n) is 3.34. The van der Waals surface area contributed by atoms with Gasteiger partial charge in [-0.2, -0.15) is 5.10 Å². The Balaban J connectivity index is 2.25. The van der Waals surface area contributed by atoms with Crippen LogP contribution < -0.4 is 11.1 Å². The van der Waals surface area contributed by atoms with Gasteiger partial charge in [0.15, 0.2) is 0 Å². The van der Waals surface area contributed by atoms with Crippen molar-refractivity contribution in [2.75, 3.05) is 19.6 Å². The average molecular weight is 265 g/mol. The van der Waals surface area contributed by atoms with Gasteiger partial charge in [0.25, 0.3) is 5.91 Å². The molecule has 1 atom stereocenters. The number of hydrogen-bond donors (Lipinski definition) is 2. The van der Waals surface area contributed by atoms with E-state index in [0.29, 0.717) is 25.3 Å². The zero-order valence-electron chi connectivity index (χ0n) is 11.2. The van der Waals surface area contributed by atoms with E-state index in [1.54, 1.807) is 17.8 Å². The molecule has 1 unspecified atom stereocenters. The fourth-order valence-corrected chi connectivity index (χ4v) is 2.25. The highest BCUT2D eigenvalue weighted by Gasteiger charge is 2.32. The maximum atomic E-state index is 12.5. The van der Waals surface area contributed by atoms with Gasteiger partial charge in [-0.05, 0) is 12.5 Å². The molecule has 7 nitrogen and oxygen atoms in total. The Hall–Kier alpha value is -1.89. The summed E-state index contributed by atoms with van der Waals surface area (Å²) in [6.07, 6.45) is 0.766. The van der Waals surface area contributed by atoms with Crippen LogP contribution in [-0.4, -0.2) is 52.2 Å². The van der Waals surface area contributed by atoms with Gasteiger partial charge < -0.3 is 16.0 Å². The molecule has 1 aliphatic rings. The van der Waals surface area contributed by atoms with Crippen LogP contribution in [0.25, 0.3) is 0 Å². The number of hydrogen-bond acceptors (Lipinski definition) is 4. The van der Waals surface area contributed by atoms with Crippen molar-refractivity contribution in [2.24, 2.45) is 12.8 Å². The molecule has 1 fully saturated rings. The van der Waals surface area contributed by atoms with Gasteiger partial charge >= 0.3 is 0 Å². The summed E-state index contributed by atoms with van der Waals surface area (Å²) in [5.74, 6) is -0.682. The van der Waals surface area contributed by atoms with Crippen LogP contribution in [0.15, 0.2) is 6.07 Å². The molecule has 3 N–H and O–H groups in total. The van der Waals surface area contributed by atoms with E-state index in [1.165, 1.54) is 4.90 Å². The fourth-order valence-electron chi connectivity index (χ4n) is 2.25. The topological polar surface area (TPSA) is 93.3 Å². The molecule has 0 bridgehead atoms. The smallest absolute Gasteiger partial charge is 0.272 e. The van der Waals surface area contributed by atoms with Crippen molar-refractivity contribution < 1.29 is 9.59 Å². The highest BCUT2D eigenvalue weighted by Crippen LogP contribution is 2.12. The van der Waals surface area contributed by atoms with Gasteiger partial charge in [0, 0.05) is 26.7 Å².